The maximum Gasteiger partial charge on any atom is 0.257 e. The lowest BCUT2D eigenvalue weighted by molar-refractivity contribution is -0.727. The molecule has 2 heterocycles. The van der Waals surface area contributed by atoms with Crippen LogP contribution in [0.25, 0.3) is 11.1 Å². The minimum Gasteiger partial charge on any atom is -0.384 e. The Hall–Kier alpha value is -3.29. The quantitative estimate of drug-likeness (QED) is 0.186. The van der Waals surface area contributed by atoms with E-state index in [-0.39, 0.29) is 5.91 Å². The van der Waals surface area contributed by atoms with Crippen molar-refractivity contribution in [1.29, 1.82) is 0 Å². The van der Waals surface area contributed by atoms with E-state index in [2.05, 4.69) is 63.0 Å². The topological polar surface area (TPSA) is 48.9 Å². The molecule has 0 radical (unpaired) electrons. The van der Waals surface area contributed by atoms with Crippen molar-refractivity contribution in [3.63, 3.8) is 0 Å². The predicted molar refractivity (Wildman–Crippen MR) is 146 cm³/mol. The summed E-state index contributed by atoms with van der Waals surface area (Å²) in [5.41, 5.74) is 4.43. The third-order valence-electron chi connectivity index (χ3n) is 5.68. The molecule has 4 rings (SSSR count). The molecule has 2 N–H and O–H groups in total. The van der Waals surface area contributed by atoms with E-state index >= 15 is 0 Å². The van der Waals surface area contributed by atoms with Crippen molar-refractivity contribution in [1.82, 2.24) is 0 Å². The lowest BCUT2D eigenvalue weighted by atomic mass is 10.1. The summed E-state index contributed by atoms with van der Waals surface area (Å²) in [6.07, 6.45) is 9.08. The van der Waals surface area contributed by atoms with Crippen LogP contribution in [0.1, 0.15) is 23.7 Å². The molecule has 7 heteroatoms. The van der Waals surface area contributed by atoms with Gasteiger partial charge in [-0.15, -0.1) is 25.3 Å². The fourth-order valence-corrected chi connectivity index (χ4v) is 4.64. The first-order valence-electron chi connectivity index (χ1n) is 11.7. The van der Waals surface area contributed by atoms with Crippen LogP contribution in [0.15, 0.2) is 101 Å². The molecule has 0 aliphatic heterocycles. The van der Waals surface area contributed by atoms with Crippen LogP contribution in [-0.4, -0.2) is 12.5 Å². The maximum absolute atomic E-state index is 12.9. The molecular weight excluding hydrogens is 472 g/mol. The Morgan fingerprint density at radius 2 is 1.63 bits per heavy atom. The molecule has 0 fully saturated rings. The molecule has 178 valence electrons. The third kappa shape index (κ3) is 6.44. The molecule has 2 aromatic heterocycles. The zero-order valence-corrected chi connectivity index (χ0v) is 21.5. The fraction of sp³-hybridized carbons (Fsp3) is 0.179. The lowest BCUT2D eigenvalue weighted by Crippen LogP contribution is -2.38. The summed E-state index contributed by atoms with van der Waals surface area (Å²) >= 11 is 9.25. The number of anilines is 2. The van der Waals surface area contributed by atoms with Gasteiger partial charge in [-0.1, -0.05) is 36.4 Å². The van der Waals surface area contributed by atoms with Crippen LogP contribution in [0.5, 0.6) is 0 Å². The molecule has 5 nitrogen and oxygen atoms in total. The second kappa shape index (κ2) is 11.9. The van der Waals surface area contributed by atoms with Gasteiger partial charge in [-0.3, -0.25) is 4.79 Å². The second-order valence-electron chi connectivity index (χ2n) is 8.22. The van der Waals surface area contributed by atoms with Crippen LogP contribution in [0.2, 0.25) is 0 Å². The Kier molecular flexibility index (Phi) is 8.45. The number of nitrogens with one attached hydrogen (secondary N) is 2. The van der Waals surface area contributed by atoms with E-state index in [1.165, 1.54) is 0 Å². The minimum atomic E-state index is -0.178. The highest BCUT2D eigenvalue weighted by molar-refractivity contribution is 7.80. The molecule has 0 saturated heterocycles. The third-order valence-corrected chi connectivity index (χ3v) is 6.52. The van der Waals surface area contributed by atoms with Crippen molar-refractivity contribution in [2.24, 2.45) is 0 Å². The zero-order chi connectivity index (χ0) is 24.6. The summed E-state index contributed by atoms with van der Waals surface area (Å²) in [5, 5.41) is 6.22. The number of hydrogen-bond acceptors (Lipinski definition) is 4. The Labute approximate surface area is 217 Å². The Morgan fingerprint density at radius 3 is 2.37 bits per heavy atom. The molecular formula is C28H30N4OS2+2. The standard InChI is InChI=1S/C28H28N4OS2/c1-2-29-25-13-6-12-24(27(25)35)28(33)30-22-11-7-15-31(19-22)16-8-17-32-18-14-23(26(34)20-32)21-9-4-3-5-10-21/h3-7,9-15,18-20,29H,2,8,16-17H2,1H3,(H-2,30,33,34,35)/p+2. The molecule has 0 saturated carbocycles. The molecule has 0 atom stereocenters. The molecule has 2 aromatic carbocycles. The van der Waals surface area contributed by atoms with Crippen molar-refractivity contribution < 1.29 is 13.9 Å². The van der Waals surface area contributed by atoms with Gasteiger partial charge >= 0.3 is 0 Å². The summed E-state index contributed by atoms with van der Waals surface area (Å²) in [5.74, 6) is -0.178. The van der Waals surface area contributed by atoms with E-state index in [9.17, 15) is 4.79 Å². The first-order valence-corrected chi connectivity index (χ1v) is 12.6. The van der Waals surface area contributed by atoms with Crippen molar-refractivity contribution in [3.05, 3.63) is 97.1 Å². The number of aryl methyl sites for hydroxylation is 2. The number of hydrogen-bond donors (Lipinski definition) is 4. The molecule has 35 heavy (non-hydrogen) atoms. The lowest BCUT2D eigenvalue weighted by Gasteiger charge is -2.11. The largest absolute Gasteiger partial charge is 0.384 e. The number of pyridine rings is 2. The van der Waals surface area contributed by atoms with Crippen LogP contribution in [0, 0.1) is 0 Å². The van der Waals surface area contributed by atoms with E-state index in [0.717, 1.165) is 53.5 Å². The first-order chi connectivity index (χ1) is 17.0. The fourth-order valence-electron chi connectivity index (χ4n) is 3.96. The monoisotopic (exact) mass is 502 g/mol. The highest BCUT2D eigenvalue weighted by atomic mass is 32.1. The van der Waals surface area contributed by atoms with Crippen molar-refractivity contribution >= 4 is 42.5 Å². The predicted octanol–water partition coefficient (Wildman–Crippen LogP) is 5.28. The van der Waals surface area contributed by atoms with Gasteiger partial charge in [0.25, 0.3) is 5.91 Å². The summed E-state index contributed by atoms with van der Waals surface area (Å²) in [4.78, 5) is 14.5. The van der Waals surface area contributed by atoms with Gasteiger partial charge in [0.05, 0.1) is 16.9 Å². The molecule has 0 unspecified atom stereocenters. The van der Waals surface area contributed by atoms with E-state index in [4.69, 9.17) is 12.6 Å². The van der Waals surface area contributed by atoms with Gasteiger partial charge in [-0.05, 0) is 30.7 Å². The van der Waals surface area contributed by atoms with Crippen LogP contribution in [0.4, 0.5) is 11.4 Å². The number of nitrogens with zero attached hydrogens (tertiary/aromatic N) is 2. The number of carbonyl (C=O) groups excluding carboxylic acids is 1. The molecule has 0 bridgehead atoms. The molecule has 0 aliphatic carbocycles. The van der Waals surface area contributed by atoms with Gasteiger partial charge < -0.3 is 10.6 Å². The summed E-state index contributed by atoms with van der Waals surface area (Å²) in [6, 6.07) is 21.8. The number of thiol groups is 2. The van der Waals surface area contributed by atoms with Gasteiger partial charge in [0.15, 0.2) is 37.9 Å². The van der Waals surface area contributed by atoms with Crippen LogP contribution < -0.4 is 19.8 Å². The molecule has 1 amide bonds. The van der Waals surface area contributed by atoms with E-state index in [1.54, 1.807) is 6.07 Å². The second-order valence-corrected chi connectivity index (χ2v) is 9.15. The Balaban J connectivity index is 1.36. The maximum atomic E-state index is 12.9. The number of amides is 1. The van der Waals surface area contributed by atoms with Gasteiger partial charge in [-0.2, -0.15) is 0 Å². The van der Waals surface area contributed by atoms with Gasteiger partial charge in [0.2, 0.25) is 0 Å². The van der Waals surface area contributed by atoms with Gasteiger partial charge in [0.1, 0.15) is 5.69 Å². The zero-order valence-electron chi connectivity index (χ0n) is 19.7. The van der Waals surface area contributed by atoms with Crippen LogP contribution in [0.3, 0.4) is 0 Å². The average molecular weight is 503 g/mol. The Morgan fingerprint density at radius 1 is 0.857 bits per heavy atom. The summed E-state index contributed by atoms with van der Waals surface area (Å²) < 4.78 is 4.25. The molecule has 0 aliphatic rings. The number of benzene rings is 2. The van der Waals surface area contributed by atoms with Crippen molar-refractivity contribution in [3.8, 4) is 11.1 Å². The van der Waals surface area contributed by atoms with Crippen LogP contribution in [-0.2, 0) is 13.1 Å². The Bertz CT molecular complexity index is 1310. The summed E-state index contributed by atoms with van der Waals surface area (Å²) in [6.45, 7) is 4.47. The van der Waals surface area contributed by atoms with Crippen molar-refractivity contribution in [2.45, 2.75) is 36.2 Å². The van der Waals surface area contributed by atoms with Gasteiger partial charge in [-0.25, -0.2) is 9.13 Å². The van der Waals surface area contributed by atoms with E-state index < -0.39 is 0 Å². The molecule has 4 aromatic rings. The van der Waals surface area contributed by atoms with Gasteiger partial charge in [0, 0.05) is 34.8 Å². The highest BCUT2D eigenvalue weighted by Crippen LogP contribution is 2.25. The normalized spacial score (nSPS) is 10.7. The smallest absolute Gasteiger partial charge is 0.257 e. The average Bonchev–Trinajstić information content (AvgIpc) is 2.86. The highest BCUT2D eigenvalue weighted by Gasteiger charge is 2.15. The van der Waals surface area contributed by atoms with E-state index in [0.29, 0.717) is 10.5 Å². The first kappa shape index (κ1) is 24.8. The summed E-state index contributed by atoms with van der Waals surface area (Å²) in [7, 11) is 0. The SMILES string of the molecule is CCNc1cccc(C(=O)Nc2ccc[n+](CCC[n+]3ccc(-c4ccccc4)c(S)c3)c2)c1S. The minimum absolute atomic E-state index is 0.178. The van der Waals surface area contributed by atoms with E-state index in [1.807, 2.05) is 61.8 Å². The number of aromatic nitrogens is 2. The molecule has 0 spiro atoms. The van der Waals surface area contributed by atoms with Crippen molar-refractivity contribution in [2.75, 3.05) is 17.2 Å². The number of carbonyl (C=O) groups is 1. The van der Waals surface area contributed by atoms with Crippen LogP contribution >= 0.6 is 25.3 Å². The number of rotatable bonds is 9.